The minimum Gasteiger partial charge on any atom is -0.298 e. The molecule has 4 rings (SSSR count). The van der Waals surface area contributed by atoms with Crippen molar-refractivity contribution in [3.8, 4) is 0 Å². The highest BCUT2D eigenvalue weighted by molar-refractivity contribution is 6.27. The Morgan fingerprint density at radius 3 is 1.38 bits per heavy atom. The average molecular weight is 459 g/mol. The summed E-state index contributed by atoms with van der Waals surface area (Å²) in [6.45, 7) is 3.36. The summed E-state index contributed by atoms with van der Waals surface area (Å²) in [5, 5.41) is 11.1. The number of carbonyl (C=O) groups excluding carboxylic acids is 4. The molecule has 0 N–H and O–H groups in total. The van der Waals surface area contributed by atoms with Crippen LogP contribution in [0.3, 0.4) is 0 Å². The molecule has 2 unspecified atom stereocenters. The van der Waals surface area contributed by atoms with E-state index in [4.69, 9.17) is 0 Å². The van der Waals surface area contributed by atoms with E-state index in [1.807, 2.05) is 12.1 Å². The summed E-state index contributed by atoms with van der Waals surface area (Å²) in [4.78, 5) is 51.1. The molecule has 0 spiro atoms. The first-order valence-electron chi connectivity index (χ1n) is 11.3. The molecule has 0 saturated carbocycles. The smallest absolute Gasteiger partial charge is 0.263 e. The second kappa shape index (κ2) is 9.91. The summed E-state index contributed by atoms with van der Waals surface area (Å²) in [7, 11) is 0. The fourth-order valence-electron chi connectivity index (χ4n) is 4.27. The van der Waals surface area contributed by atoms with Crippen molar-refractivity contribution in [2.45, 2.75) is 39.5 Å². The molecular formula is C26H26N4O4. The van der Waals surface area contributed by atoms with Crippen molar-refractivity contribution in [3.05, 3.63) is 60.7 Å². The van der Waals surface area contributed by atoms with Gasteiger partial charge in [0.15, 0.2) is 11.6 Å². The lowest BCUT2D eigenvalue weighted by atomic mass is 9.92. The number of ketones is 2. The number of nitrogens with zero attached hydrogens (tertiary/aromatic N) is 4. The molecule has 2 aliphatic rings. The third-order valence-corrected chi connectivity index (χ3v) is 6.00. The van der Waals surface area contributed by atoms with E-state index in [-0.39, 0.29) is 36.2 Å². The normalized spacial score (nSPS) is 19.9. The molecule has 2 aromatic rings. The first kappa shape index (κ1) is 23.2. The minimum atomic E-state index is -0.888. The lowest BCUT2D eigenvalue weighted by Gasteiger charge is -2.14. The van der Waals surface area contributed by atoms with Crippen LogP contribution in [-0.4, -0.2) is 34.8 Å². The van der Waals surface area contributed by atoms with Gasteiger partial charge in [0, 0.05) is 12.8 Å². The van der Waals surface area contributed by atoms with Gasteiger partial charge < -0.3 is 0 Å². The third-order valence-electron chi connectivity index (χ3n) is 6.00. The van der Waals surface area contributed by atoms with E-state index < -0.39 is 11.8 Å². The number of hydrogen-bond acceptors (Lipinski definition) is 6. The summed E-state index contributed by atoms with van der Waals surface area (Å²) >= 11 is 0. The number of Topliss-reactive ketones (excluding diaryl/α,β-unsaturated/α-hetero) is 2. The van der Waals surface area contributed by atoms with Gasteiger partial charge in [-0.25, -0.2) is 0 Å². The van der Waals surface area contributed by atoms with E-state index in [1.54, 1.807) is 62.4 Å². The number of carbonyl (C=O) groups is 4. The molecule has 0 radical (unpaired) electrons. The van der Waals surface area contributed by atoms with Gasteiger partial charge in [-0.2, -0.15) is 20.2 Å². The van der Waals surface area contributed by atoms with E-state index in [9.17, 15) is 19.2 Å². The van der Waals surface area contributed by atoms with Crippen LogP contribution in [0.2, 0.25) is 0 Å². The largest absolute Gasteiger partial charge is 0.298 e. The van der Waals surface area contributed by atoms with Crippen LogP contribution in [0.15, 0.2) is 70.9 Å². The van der Waals surface area contributed by atoms with E-state index in [0.717, 1.165) is 0 Å². The Labute approximate surface area is 197 Å². The molecule has 0 bridgehead atoms. The van der Waals surface area contributed by atoms with Gasteiger partial charge in [-0.15, -0.1) is 0 Å². The molecule has 8 heteroatoms. The first-order chi connectivity index (χ1) is 16.4. The predicted molar refractivity (Wildman–Crippen MR) is 130 cm³/mol. The Kier molecular flexibility index (Phi) is 6.77. The molecule has 174 valence electrons. The summed E-state index contributed by atoms with van der Waals surface area (Å²) < 4.78 is 0. The zero-order valence-electron chi connectivity index (χ0n) is 19.2. The fourth-order valence-corrected chi connectivity index (χ4v) is 4.27. The van der Waals surface area contributed by atoms with Crippen LogP contribution in [0.5, 0.6) is 0 Å². The number of anilines is 2. The second-order valence-electron chi connectivity index (χ2n) is 8.46. The lowest BCUT2D eigenvalue weighted by Crippen LogP contribution is -2.33. The standard InChI is InChI=1S/C26H26N4O4/c1-17-23(25(33)29(27-17)19-11-5-3-6-12-19)21(31)15-9-10-16-22(32)24-18(2)28-30(26(24)34)20-13-7-4-8-14-20/h3-8,11-14,23-24H,9-10,15-16H2,1-2H3. The van der Waals surface area contributed by atoms with Crippen molar-refractivity contribution in [3.63, 3.8) is 0 Å². The Hall–Kier alpha value is -3.94. The van der Waals surface area contributed by atoms with E-state index in [2.05, 4.69) is 10.2 Å². The topological polar surface area (TPSA) is 99.5 Å². The first-order valence-corrected chi connectivity index (χ1v) is 11.3. The molecule has 0 fully saturated rings. The van der Waals surface area contributed by atoms with E-state index >= 15 is 0 Å². The Morgan fingerprint density at radius 2 is 1.03 bits per heavy atom. The van der Waals surface area contributed by atoms with Gasteiger partial charge in [0.1, 0.15) is 11.8 Å². The van der Waals surface area contributed by atoms with Gasteiger partial charge in [-0.3, -0.25) is 19.2 Å². The van der Waals surface area contributed by atoms with Crippen LogP contribution in [0.1, 0.15) is 39.5 Å². The molecule has 2 amide bonds. The highest BCUT2D eigenvalue weighted by atomic mass is 16.2. The fraction of sp³-hybridized carbons (Fsp3) is 0.308. The average Bonchev–Trinajstić information content (AvgIpc) is 3.31. The number of rotatable bonds is 9. The molecule has 0 aromatic heterocycles. The maximum atomic E-state index is 12.8. The van der Waals surface area contributed by atoms with Gasteiger partial charge >= 0.3 is 0 Å². The predicted octanol–water partition coefficient (Wildman–Crippen LogP) is 3.76. The Bertz CT molecular complexity index is 1080. The van der Waals surface area contributed by atoms with Gasteiger partial charge in [0.25, 0.3) is 11.8 Å². The van der Waals surface area contributed by atoms with Crippen molar-refractivity contribution < 1.29 is 19.2 Å². The number of unbranched alkanes of at least 4 members (excludes halogenated alkanes) is 1. The number of para-hydroxylation sites is 2. The molecule has 2 atom stereocenters. The van der Waals surface area contributed by atoms with Crippen molar-refractivity contribution in [1.29, 1.82) is 0 Å². The van der Waals surface area contributed by atoms with Crippen LogP contribution in [-0.2, 0) is 19.2 Å². The summed E-state index contributed by atoms with van der Waals surface area (Å²) in [5.41, 5.74) is 2.18. The van der Waals surface area contributed by atoms with Crippen LogP contribution >= 0.6 is 0 Å². The van der Waals surface area contributed by atoms with Gasteiger partial charge in [-0.1, -0.05) is 36.4 Å². The van der Waals surface area contributed by atoms with Crippen molar-refractivity contribution in [2.24, 2.45) is 22.0 Å². The number of amides is 2. The van der Waals surface area contributed by atoms with Crippen LogP contribution in [0, 0.1) is 11.8 Å². The highest BCUT2D eigenvalue weighted by Crippen LogP contribution is 2.27. The molecule has 2 heterocycles. The number of hydrogen-bond donors (Lipinski definition) is 0. The SMILES string of the molecule is CC1=NN(c2ccccc2)C(=O)C1C(=O)CCCCC(=O)C1C(=O)N(c2ccccc2)N=C1C. The zero-order chi connectivity index (χ0) is 24.2. The number of benzene rings is 2. The van der Waals surface area contributed by atoms with Crippen molar-refractivity contribution in [1.82, 2.24) is 0 Å². The second-order valence-corrected chi connectivity index (χ2v) is 8.46. The zero-order valence-corrected chi connectivity index (χ0v) is 19.2. The molecule has 0 saturated heterocycles. The quantitative estimate of drug-likeness (QED) is 0.422. The highest BCUT2D eigenvalue weighted by Gasteiger charge is 2.40. The molecule has 0 aliphatic carbocycles. The molecule has 8 nitrogen and oxygen atoms in total. The van der Waals surface area contributed by atoms with E-state index in [0.29, 0.717) is 35.6 Å². The Morgan fingerprint density at radius 1 is 0.676 bits per heavy atom. The Balaban J connectivity index is 1.28. The van der Waals surface area contributed by atoms with Crippen LogP contribution < -0.4 is 10.0 Å². The summed E-state index contributed by atoms with van der Waals surface area (Å²) in [5.74, 6) is -2.89. The third kappa shape index (κ3) is 4.57. The summed E-state index contributed by atoms with van der Waals surface area (Å²) in [6, 6.07) is 18.0. The van der Waals surface area contributed by atoms with Gasteiger partial charge in [0.2, 0.25) is 0 Å². The molecular weight excluding hydrogens is 432 g/mol. The summed E-state index contributed by atoms with van der Waals surface area (Å²) in [6.07, 6.45) is 1.24. The van der Waals surface area contributed by atoms with E-state index in [1.165, 1.54) is 10.0 Å². The monoisotopic (exact) mass is 458 g/mol. The van der Waals surface area contributed by atoms with Gasteiger partial charge in [0.05, 0.1) is 22.8 Å². The maximum absolute atomic E-state index is 12.8. The van der Waals surface area contributed by atoms with Gasteiger partial charge in [-0.05, 0) is 51.0 Å². The minimum absolute atomic E-state index is 0.168. The van der Waals surface area contributed by atoms with Crippen LogP contribution in [0.4, 0.5) is 11.4 Å². The van der Waals surface area contributed by atoms with Crippen molar-refractivity contribution in [2.75, 3.05) is 10.0 Å². The molecule has 2 aromatic carbocycles. The van der Waals surface area contributed by atoms with Crippen LogP contribution in [0.25, 0.3) is 0 Å². The molecule has 34 heavy (non-hydrogen) atoms. The maximum Gasteiger partial charge on any atom is 0.263 e. The molecule has 2 aliphatic heterocycles. The van der Waals surface area contributed by atoms with Crippen molar-refractivity contribution >= 4 is 46.2 Å². The number of hydrazone groups is 2. The lowest BCUT2D eigenvalue weighted by molar-refractivity contribution is -0.131.